The minimum atomic E-state index is -4.82. The van der Waals surface area contributed by atoms with Gasteiger partial charge in [-0.15, -0.1) is 0 Å². The molecular formula is C16H19O7P. The first-order valence-corrected chi connectivity index (χ1v) is 8.77. The molecule has 1 unspecified atom stereocenters. The van der Waals surface area contributed by atoms with Crippen molar-refractivity contribution in [3.8, 4) is 23.0 Å². The Morgan fingerprint density at radius 1 is 1.08 bits per heavy atom. The van der Waals surface area contributed by atoms with Crippen molar-refractivity contribution in [2.75, 3.05) is 0 Å². The molecule has 7 nitrogen and oxygen atoms in total. The fraction of sp³-hybridized carbons (Fsp3) is 0.250. The van der Waals surface area contributed by atoms with E-state index >= 15 is 0 Å². The Balaban J connectivity index is 2.21. The molecule has 0 heterocycles. The standard InChI is InChI=1S/C16H19O7P/c1-10(11-3-2-4-12(17)7-11)5-6-14-15(19)8-13(18)9-16(14)23-24(20,21)22/h2-4,7-10,17-19H,5-6H2,1H3,(H2,20,21,22). The summed E-state index contributed by atoms with van der Waals surface area (Å²) < 4.78 is 15.6. The Bertz CT molecular complexity index is 769. The largest absolute Gasteiger partial charge is 0.524 e. The van der Waals surface area contributed by atoms with Gasteiger partial charge in [-0.3, -0.25) is 9.79 Å². The average Bonchev–Trinajstić information content (AvgIpc) is 2.44. The van der Waals surface area contributed by atoms with Gasteiger partial charge in [0, 0.05) is 17.7 Å². The SMILES string of the molecule is CC(CCc1c(O)cc(O)cc1OP(=O)(O)O)c1cccc(O)c1. The predicted octanol–water partition coefficient (Wildman–Crippen LogP) is 3.01. The summed E-state index contributed by atoms with van der Waals surface area (Å²) in [6, 6.07) is 8.91. The second-order valence-corrected chi connectivity index (χ2v) is 6.72. The second kappa shape index (κ2) is 7.13. The van der Waals surface area contributed by atoms with Gasteiger partial charge < -0.3 is 19.8 Å². The molecule has 1 atom stereocenters. The molecule has 24 heavy (non-hydrogen) atoms. The first kappa shape index (κ1) is 18.1. The fourth-order valence-electron chi connectivity index (χ4n) is 2.44. The van der Waals surface area contributed by atoms with Gasteiger partial charge in [0.25, 0.3) is 0 Å². The van der Waals surface area contributed by atoms with E-state index in [-0.39, 0.29) is 40.9 Å². The van der Waals surface area contributed by atoms with Gasteiger partial charge in [0.2, 0.25) is 0 Å². The van der Waals surface area contributed by atoms with Crippen LogP contribution in [0.25, 0.3) is 0 Å². The van der Waals surface area contributed by atoms with Gasteiger partial charge in [0.1, 0.15) is 23.0 Å². The van der Waals surface area contributed by atoms with E-state index in [1.807, 2.05) is 13.0 Å². The molecule has 0 saturated heterocycles. The van der Waals surface area contributed by atoms with Gasteiger partial charge in [-0.1, -0.05) is 19.1 Å². The van der Waals surface area contributed by atoms with Gasteiger partial charge in [0.05, 0.1) is 0 Å². The first-order chi connectivity index (χ1) is 11.2. The molecule has 8 heteroatoms. The number of phosphoric acid groups is 1. The predicted molar refractivity (Wildman–Crippen MR) is 87.3 cm³/mol. The third kappa shape index (κ3) is 4.89. The lowest BCUT2D eigenvalue weighted by atomic mass is 9.93. The van der Waals surface area contributed by atoms with Crippen molar-refractivity contribution in [2.24, 2.45) is 0 Å². The van der Waals surface area contributed by atoms with Gasteiger partial charge in [-0.05, 0) is 36.5 Å². The monoisotopic (exact) mass is 354 g/mol. The highest BCUT2D eigenvalue weighted by atomic mass is 31.2. The highest BCUT2D eigenvalue weighted by Gasteiger charge is 2.22. The van der Waals surface area contributed by atoms with Crippen LogP contribution in [0.2, 0.25) is 0 Å². The van der Waals surface area contributed by atoms with Crippen LogP contribution in [0.1, 0.15) is 30.4 Å². The summed E-state index contributed by atoms with van der Waals surface area (Å²) in [7, 11) is -4.82. The number of phenols is 3. The van der Waals surface area contributed by atoms with Crippen molar-refractivity contribution in [3.63, 3.8) is 0 Å². The zero-order valence-corrected chi connectivity index (χ0v) is 13.8. The van der Waals surface area contributed by atoms with E-state index in [4.69, 9.17) is 9.79 Å². The van der Waals surface area contributed by atoms with E-state index in [9.17, 15) is 19.9 Å². The Hall–Kier alpha value is -2.21. The number of phosphoric ester groups is 1. The maximum absolute atomic E-state index is 11.1. The number of benzene rings is 2. The molecule has 2 rings (SSSR count). The smallest absolute Gasteiger partial charge is 0.508 e. The van der Waals surface area contributed by atoms with Crippen LogP contribution >= 0.6 is 7.82 Å². The summed E-state index contributed by atoms with van der Waals surface area (Å²) in [6.07, 6.45) is 0.789. The quantitative estimate of drug-likeness (QED) is 0.505. The molecule has 2 aromatic carbocycles. The molecular weight excluding hydrogens is 335 g/mol. The zero-order valence-electron chi connectivity index (χ0n) is 13.0. The normalized spacial score (nSPS) is 12.8. The summed E-state index contributed by atoms with van der Waals surface area (Å²) in [5.74, 6) is -0.753. The number of rotatable bonds is 6. The first-order valence-electron chi connectivity index (χ1n) is 7.24. The van der Waals surface area contributed by atoms with Crippen LogP contribution in [-0.2, 0) is 11.0 Å². The molecule has 0 spiro atoms. The maximum Gasteiger partial charge on any atom is 0.524 e. The summed E-state index contributed by atoms with van der Waals surface area (Å²) >= 11 is 0. The Labute approximate surface area is 139 Å². The highest BCUT2D eigenvalue weighted by molar-refractivity contribution is 7.46. The van der Waals surface area contributed by atoms with Crippen LogP contribution in [0.5, 0.6) is 23.0 Å². The lowest BCUT2D eigenvalue weighted by molar-refractivity contribution is 0.281. The summed E-state index contributed by atoms with van der Waals surface area (Å²) in [5, 5.41) is 29.0. The van der Waals surface area contributed by atoms with Crippen molar-refractivity contribution in [3.05, 3.63) is 47.5 Å². The topological polar surface area (TPSA) is 127 Å². The van der Waals surface area contributed by atoms with Crippen LogP contribution in [0.3, 0.4) is 0 Å². The third-order valence-electron chi connectivity index (χ3n) is 3.65. The molecule has 0 aliphatic rings. The van der Waals surface area contributed by atoms with Crippen molar-refractivity contribution < 1.29 is 34.2 Å². The lowest BCUT2D eigenvalue weighted by Gasteiger charge is -2.16. The van der Waals surface area contributed by atoms with E-state index < -0.39 is 7.82 Å². The lowest BCUT2D eigenvalue weighted by Crippen LogP contribution is -2.00. The number of aromatic hydroxyl groups is 3. The van der Waals surface area contributed by atoms with Crippen molar-refractivity contribution in [1.29, 1.82) is 0 Å². The molecule has 0 radical (unpaired) electrons. The van der Waals surface area contributed by atoms with Crippen molar-refractivity contribution in [1.82, 2.24) is 0 Å². The van der Waals surface area contributed by atoms with Gasteiger partial charge in [-0.2, -0.15) is 0 Å². The van der Waals surface area contributed by atoms with Gasteiger partial charge in [0.15, 0.2) is 0 Å². The van der Waals surface area contributed by atoms with E-state index in [1.54, 1.807) is 18.2 Å². The van der Waals surface area contributed by atoms with Crippen LogP contribution < -0.4 is 4.52 Å². The van der Waals surface area contributed by atoms with E-state index in [0.717, 1.165) is 17.7 Å². The second-order valence-electron chi connectivity index (χ2n) is 5.56. The molecule has 0 saturated carbocycles. The van der Waals surface area contributed by atoms with Crippen LogP contribution in [0.15, 0.2) is 36.4 Å². The molecule has 0 fully saturated rings. The number of hydrogen-bond donors (Lipinski definition) is 5. The molecule has 0 aliphatic heterocycles. The summed E-state index contributed by atoms with van der Waals surface area (Å²) in [5.41, 5.74) is 1.09. The molecule has 0 amide bonds. The molecule has 0 aromatic heterocycles. The molecule has 0 aliphatic carbocycles. The van der Waals surface area contributed by atoms with Gasteiger partial charge >= 0.3 is 7.82 Å². The molecule has 0 bridgehead atoms. The van der Waals surface area contributed by atoms with Crippen molar-refractivity contribution >= 4 is 7.82 Å². The Morgan fingerprint density at radius 3 is 2.42 bits per heavy atom. The molecule has 2 aromatic rings. The van der Waals surface area contributed by atoms with E-state index in [2.05, 4.69) is 4.52 Å². The summed E-state index contributed by atoms with van der Waals surface area (Å²) in [6.45, 7) is 1.93. The summed E-state index contributed by atoms with van der Waals surface area (Å²) in [4.78, 5) is 17.9. The zero-order chi connectivity index (χ0) is 17.9. The fourth-order valence-corrected chi connectivity index (χ4v) is 2.86. The average molecular weight is 354 g/mol. The van der Waals surface area contributed by atoms with Crippen molar-refractivity contribution in [2.45, 2.75) is 25.7 Å². The van der Waals surface area contributed by atoms with Crippen LogP contribution in [-0.4, -0.2) is 25.1 Å². The minimum Gasteiger partial charge on any atom is -0.508 e. The van der Waals surface area contributed by atoms with Crippen LogP contribution in [0, 0.1) is 0 Å². The van der Waals surface area contributed by atoms with Crippen LogP contribution in [0.4, 0.5) is 0 Å². The number of phenolic OH excluding ortho intramolecular Hbond substituents is 3. The molecule has 5 N–H and O–H groups in total. The Morgan fingerprint density at radius 2 is 1.79 bits per heavy atom. The third-order valence-corrected chi connectivity index (χ3v) is 4.09. The van der Waals surface area contributed by atoms with Gasteiger partial charge in [-0.25, -0.2) is 4.57 Å². The van der Waals surface area contributed by atoms with E-state index in [0.29, 0.717) is 6.42 Å². The molecule has 130 valence electrons. The van der Waals surface area contributed by atoms with E-state index in [1.165, 1.54) is 0 Å². The number of hydrogen-bond acceptors (Lipinski definition) is 5. The Kier molecular flexibility index (Phi) is 5.39. The minimum absolute atomic E-state index is 0.0215. The highest BCUT2D eigenvalue weighted by Crippen LogP contribution is 2.44. The maximum atomic E-state index is 11.1.